The van der Waals surface area contributed by atoms with Crippen molar-refractivity contribution >= 4 is 13.8 Å². The Morgan fingerprint density at radius 3 is 1.71 bits per heavy atom. The smallest absolute Gasteiger partial charge is 0.457 e. The summed E-state index contributed by atoms with van der Waals surface area (Å²) in [5, 5.41) is 49.8. The molecule has 12 nitrogen and oxygen atoms in total. The van der Waals surface area contributed by atoms with E-state index >= 15 is 0 Å². The molecule has 0 heterocycles. The number of rotatable bonds is 30. The highest BCUT2D eigenvalue weighted by atomic mass is 31.2. The van der Waals surface area contributed by atoms with Gasteiger partial charge in [-0.3, -0.25) is 13.8 Å². The van der Waals surface area contributed by atoms with Gasteiger partial charge in [0.05, 0.1) is 13.2 Å². The number of carbonyl (C=O) groups is 1. The number of carbonyl (C=O) groups excluding carboxylic acids is 1. The van der Waals surface area contributed by atoms with Gasteiger partial charge in [-0.05, 0) is 32.1 Å². The number of phosphoric ester groups is 1. The third kappa shape index (κ3) is 20.7. The summed E-state index contributed by atoms with van der Waals surface area (Å²) < 4.78 is 33.9. The fraction of sp³-hybridized carbons (Fsp3) is 0.914. The van der Waals surface area contributed by atoms with Crippen LogP contribution in [0.5, 0.6) is 0 Å². The third-order valence-corrected chi connectivity index (χ3v) is 9.62. The van der Waals surface area contributed by atoms with Crippen LogP contribution in [-0.2, 0) is 27.9 Å². The molecule has 0 radical (unpaired) electrons. The molecule has 13 heteroatoms. The van der Waals surface area contributed by atoms with Gasteiger partial charge in [-0.2, -0.15) is 0 Å². The molecule has 1 aliphatic rings. The van der Waals surface area contributed by atoms with Crippen molar-refractivity contribution < 1.29 is 58.3 Å². The monoisotopic (exact) mass is 710 g/mol. The molecular formula is C35H67O12P. The van der Waals surface area contributed by atoms with Gasteiger partial charge in [0.15, 0.2) is 0 Å². The Morgan fingerprint density at radius 1 is 0.646 bits per heavy atom. The summed E-state index contributed by atoms with van der Waals surface area (Å²) in [7, 11) is -5.00. The predicted octanol–water partition coefficient (Wildman–Crippen LogP) is 5.63. The average molecular weight is 711 g/mol. The second-order valence-electron chi connectivity index (χ2n) is 13.1. The first-order valence-corrected chi connectivity index (χ1v) is 20.0. The molecular weight excluding hydrogens is 643 g/mol. The Labute approximate surface area is 288 Å². The quantitative estimate of drug-likeness (QED) is 0.0233. The average Bonchev–Trinajstić information content (AvgIpc) is 3.06. The zero-order chi connectivity index (χ0) is 35.6. The van der Waals surface area contributed by atoms with E-state index in [1.807, 2.05) is 0 Å². The molecule has 0 amide bonds. The molecule has 0 saturated heterocycles. The molecule has 0 spiro atoms. The van der Waals surface area contributed by atoms with E-state index in [0.29, 0.717) is 13.0 Å². The predicted molar refractivity (Wildman–Crippen MR) is 184 cm³/mol. The highest BCUT2D eigenvalue weighted by Crippen LogP contribution is 2.47. The fourth-order valence-electron chi connectivity index (χ4n) is 5.57. The standard InChI is InChI=1S/C35H67O12P/c1-3-5-7-9-11-13-15-16-18-20-22-24-29(36)46-28(26-44-25-23-21-19-17-14-12-10-8-6-4-2)27-45-48(42,43)47-35-33(40)31(38)30(37)32(39)34(35)41/h9,11,28,30-35,37-41H,3-8,10,12-27H2,1-2H3,(H,42,43)/b11-9-. The van der Waals surface area contributed by atoms with Crippen molar-refractivity contribution in [3.8, 4) is 0 Å². The van der Waals surface area contributed by atoms with Crippen molar-refractivity contribution in [1.29, 1.82) is 0 Å². The first-order chi connectivity index (χ1) is 23.0. The summed E-state index contributed by atoms with van der Waals surface area (Å²) >= 11 is 0. The fourth-order valence-corrected chi connectivity index (χ4v) is 6.54. The number of unbranched alkanes of at least 4 members (excludes halogenated alkanes) is 16. The number of hydrogen-bond acceptors (Lipinski definition) is 11. The lowest BCUT2D eigenvalue weighted by molar-refractivity contribution is -0.220. The van der Waals surface area contributed by atoms with E-state index in [2.05, 4.69) is 26.0 Å². The van der Waals surface area contributed by atoms with E-state index < -0.39 is 63.1 Å². The highest BCUT2D eigenvalue weighted by molar-refractivity contribution is 7.47. The van der Waals surface area contributed by atoms with Crippen LogP contribution in [0, 0.1) is 0 Å². The molecule has 284 valence electrons. The highest BCUT2D eigenvalue weighted by Gasteiger charge is 2.51. The van der Waals surface area contributed by atoms with Crippen molar-refractivity contribution in [2.45, 2.75) is 185 Å². The molecule has 1 fully saturated rings. The van der Waals surface area contributed by atoms with E-state index in [-0.39, 0.29) is 13.0 Å². The summed E-state index contributed by atoms with van der Waals surface area (Å²) in [4.78, 5) is 22.9. The van der Waals surface area contributed by atoms with Crippen LogP contribution in [0.15, 0.2) is 12.2 Å². The Balaban J connectivity index is 2.51. The van der Waals surface area contributed by atoms with Crippen LogP contribution in [0.1, 0.15) is 142 Å². The summed E-state index contributed by atoms with van der Waals surface area (Å²) in [6.07, 6.45) is 13.0. The van der Waals surface area contributed by atoms with E-state index in [4.69, 9.17) is 18.5 Å². The summed E-state index contributed by atoms with van der Waals surface area (Å²) in [5.41, 5.74) is 0. The minimum Gasteiger partial charge on any atom is -0.457 e. The molecule has 0 aromatic heterocycles. The van der Waals surface area contributed by atoms with Crippen LogP contribution < -0.4 is 0 Å². The Hall–Kier alpha value is -0.920. The summed E-state index contributed by atoms with van der Waals surface area (Å²) in [5.74, 6) is -0.489. The van der Waals surface area contributed by atoms with Gasteiger partial charge in [0.25, 0.3) is 0 Å². The molecule has 1 saturated carbocycles. The van der Waals surface area contributed by atoms with Crippen molar-refractivity contribution in [1.82, 2.24) is 0 Å². The van der Waals surface area contributed by atoms with E-state index in [1.165, 1.54) is 57.8 Å². The molecule has 1 rings (SSSR count). The Bertz CT molecular complexity index is 859. The van der Waals surface area contributed by atoms with Crippen LogP contribution in [0.4, 0.5) is 0 Å². The molecule has 0 aromatic carbocycles. The maximum atomic E-state index is 12.7. The number of allylic oxidation sites excluding steroid dienone is 2. The molecule has 0 bridgehead atoms. The van der Waals surface area contributed by atoms with E-state index in [9.17, 15) is 39.8 Å². The van der Waals surface area contributed by atoms with E-state index in [0.717, 1.165) is 57.8 Å². The number of aliphatic hydroxyl groups excluding tert-OH is 5. The SMILES string of the molecule is CCCC/C=C\CCCCCCCC(=O)OC(COCCCCCCCCCCCC)COP(=O)(O)OC1C(O)C(O)C(O)C(O)C1O. The normalized spacial score (nSPS) is 24.9. The second-order valence-corrected chi connectivity index (χ2v) is 14.5. The van der Waals surface area contributed by atoms with Crippen molar-refractivity contribution in [3.05, 3.63) is 12.2 Å². The first kappa shape index (κ1) is 45.1. The zero-order valence-corrected chi connectivity index (χ0v) is 30.4. The van der Waals surface area contributed by atoms with E-state index in [1.54, 1.807) is 0 Å². The minimum atomic E-state index is -5.00. The largest absolute Gasteiger partial charge is 0.472 e. The van der Waals surface area contributed by atoms with Crippen LogP contribution in [0.25, 0.3) is 0 Å². The molecule has 1 aliphatic carbocycles. The van der Waals surface area contributed by atoms with Crippen LogP contribution in [0.3, 0.4) is 0 Å². The number of aliphatic hydroxyl groups is 5. The van der Waals surface area contributed by atoms with Crippen molar-refractivity contribution in [3.63, 3.8) is 0 Å². The van der Waals surface area contributed by atoms with Crippen LogP contribution in [0.2, 0.25) is 0 Å². The van der Waals surface area contributed by atoms with Gasteiger partial charge in [-0.25, -0.2) is 4.57 Å². The number of ether oxygens (including phenoxy) is 2. The Morgan fingerprint density at radius 2 is 1.12 bits per heavy atom. The second kappa shape index (κ2) is 27.8. The van der Waals surface area contributed by atoms with Gasteiger partial charge in [-0.15, -0.1) is 0 Å². The van der Waals surface area contributed by atoms with Crippen molar-refractivity contribution in [2.75, 3.05) is 19.8 Å². The molecule has 48 heavy (non-hydrogen) atoms. The van der Waals surface area contributed by atoms with Crippen molar-refractivity contribution in [2.24, 2.45) is 0 Å². The maximum absolute atomic E-state index is 12.7. The van der Waals surface area contributed by atoms with Gasteiger partial charge in [0, 0.05) is 13.0 Å². The lowest BCUT2D eigenvalue weighted by Crippen LogP contribution is -2.64. The van der Waals surface area contributed by atoms with Crippen LogP contribution in [-0.4, -0.2) is 98.9 Å². The topological polar surface area (TPSA) is 192 Å². The van der Waals surface area contributed by atoms with Gasteiger partial charge in [0.2, 0.25) is 0 Å². The molecule has 6 unspecified atom stereocenters. The van der Waals surface area contributed by atoms with Gasteiger partial charge in [0.1, 0.15) is 42.7 Å². The molecule has 6 atom stereocenters. The summed E-state index contributed by atoms with van der Waals surface area (Å²) in [6.45, 7) is 4.16. The first-order valence-electron chi connectivity index (χ1n) is 18.5. The molecule has 0 aliphatic heterocycles. The van der Waals surface area contributed by atoms with Gasteiger partial charge < -0.3 is 39.9 Å². The lowest BCUT2D eigenvalue weighted by Gasteiger charge is -2.41. The Kier molecular flexibility index (Phi) is 26.1. The number of esters is 1. The van der Waals surface area contributed by atoms with Crippen LogP contribution >= 0.6 is 7.82 Å². The third-order valence-electron chi connectivity index (χ3n) is 8.64. The molecule has 6 N–H and O–H groups in total. The minimum absolute atomic E-state index is 0.0761. The maximum Gasteiger partial charge on any atom is 0.472 e. The zero-order valence-electron chi connectivity index (χ0n) is 29.5. The van der Waals surface area contributed by atoms with Gasteiger partial charge >= 0.3 is 13.8 Å². The number of phosphoric acid groups is 1. The summed E-state index contributed by atoms with van der Waals surface area (Å²) in [6, 6.07) is 0. The molecule has 0 aromatic rings. The van der Waals surface area contributed by atoms with Gasteiger partial charge in [-0.1, -0.05) is 116 Å². The lowest BCUT2D eigenvalue weighted by atomic mass is 9.85. The number of hydrogen-bond donors (Lipinski definition) is 6.